The second-order valence-corrected chi connectivity index (χ2v) is 8.02. The molecule has 0 aromatic heterocycles. The summed E-state index contributed by atoms with van der Waals surface area (Å²) in [6.45, 7) is 4.28. The first-order chi connectivity index (χ1) is 11.8. The van der Waals surface area contributed by atoms with Gasteiger partial charge in [-0.05, 0) is 43.5 Å². The van der Waals surface area contributed by atoms with Gasteiger partial charge in [0, 0.05) is 32.2 Å². The molecule has 0 radical (unpaired) electrons. The van der Waals surface area contributed by atoms with Gasteiger partial charge < -0.3 is 10.2 Å². The molecule has 1 aromatic carbocycles. The molecule has 1 N–H and O–H groups in total. The summed E-state index contributed by atoms with van der Waals surface area (Å²) in [6, 6.07) is 4.91. The first-order valence-electron chi connectivity index (χ1n) is 8.43. The van der Waals surface area contributed by atoms with E-state index in [1.165, 1.54) is 17.4 Å². The lowest BCUT2D eigenvalue weighted by molar-refractivity contribution is -0.121. The molecule has 1 aliphatic heterocycles. The van der Waals surface area contributed by atoms with Gasteiger partial charge in [-0.2, -0.15) is 4.31 Å². The summed E-state index contributed by atoms with van der Waals surface area (Å²) in [6.07, 6.45) is 1.94. The van der Waals surface area contributed by atoms with Crippen molar-refractivity contribution in [3.63, 3.8) is 0 Å². The molecule has 0 aliphatic carbocycles. The number of carbonyl (C=O) groups is 2. The molecule has 25 heavy (non-hydrogen) atoms. The normalized spacial score (nSPS) is 15.0. The molecule has 2 amide bonds. The number of carbonyl (C=O) groups excluding carboxylic acids is 2. The zero-order valence-electron chi connectivity index (χ0n) is 14.9. The van der Waals surface area contributed by atoms with Gasteiger partial charge in [0.15, 0.2) is 0 Å². The predicted molar refractivity (Wildman–Crippen MR) is 95.9 cm³/mol. The van der Waals surface area contributed by atoms with E-state index in [0.29, 0.717) is 30.6 Å². The Morgan fingerprint density at radius 1 is 1.36 bits per heavy atom. The maximum atomic E-state index is 13.0. The number of rotatable bonds is 7. The molecule has 8 heteroatoms. The average molecular weight is 367 g/mol. The van der Waals surface area contributed by atoms with Gasteiger partial charge >= 0.3 is 0 Å². The SMILES string of the molecule is CCCN(CC(=O)NC)S(=O)(=O)c1ccc(N2CCCC2=O)cc1C. The highest BCUT2D eigenvalue weighted by Crippen LogP contribution is 2.27. The van der Waals surface area contributed by atoms with E-state index < -0.39 is 10.0 Å². The fraction of sp³-hybridized carbons (Fsp3) is 0.529. The summed E-state index contributed by atoms with van der Waals surface area (Å²) in [5.41, 5.74) is 1.28. The van der Waals surface area contributed by atoms with Crippen molar-refractivity contribution >= 4 is 27.5 Å². The van der Waals surface area contributed by atoms with Crippen molar-refractivity contribution in [2.75, 3.05) is 31.6 Å². The van der Waals surface area contributed by atoms with Crippen LogP contribution in [0.25, 0.3) is 0 Å². The number of sulfonamides is 1. The van der Waals surface area contributed by atoms with Crippen LogP contribution in [0, 0.1) is 6.92 Å². The zero-order valence-corrected chi connectivity index (χ0v) is 15.7. The predicted octanol–water partition coefficient (Wildman–Crippen LogP) is 1.27. The smallest absolute Gasteiger partial charge is 0.243 e. The number of hydrogen-bond donors (Lipinski definition) is 1. The second kappa shape index (κ2) is 7.97. The van der Waals surface area contributed by atoms with Crippen molar-refractivity contribution in [2.45, 2.75) is 38.0 Å². The fourth-order valence-corrected chi connectivity index (χ4v) is 4.62. The number of likely N-dealkylation sites (N-methyl/N-ethyl adjacent to an activating group) is 1. The molecule has 0 bridgehead atoms. The molecule has 0 atom stereocenters. The Labute approximate surface area is 149 Å². The second-order valence-electron chi connectivity index (χ2n) is 6.11. The Kier molecular flexibility index (Phi) is 6.18. The Bertz CT molecular complexity index is 761. The number of nitrogens with one attached hydrogen (secondary N) is 1. The molecule has 1 fully saturated rings. The lowest BCUT2D eigenvalue weighted by Gasteiger charge is -2.23. The van der Waals surface area contributed by atoms with Crippen LogP contribution >= 0.6 is 0 Å². The van der Waals surface area contributed by atoms with Crippen LogP contribution in [0.15, 0.2) is 23.1 Å². The highest BCUT2D eigenvalue weighted by Gasteiger charge is 2.28. The van der Waals surface area contributed by atoms with Crippen molar-refractivity contribution in [1.29, 1.82) is 0 Å². The number of anilines is 1. The van der Waals surface area contributed by atoms with Crippen LogP contribution in [0.3, 0.4) is 0 Å². The summed E-state index contributed by atoms with van der Waals surface area (Å²) in [7, 11) is -2.31. The third-order valence-corrected chi connectivity index (χ3v) is 6.24. The molecule has 0 spiro atoms. The van der Waals surface area contributed by atoms with E-state index in [9.17, 15) is 18.0 Å². The van der Waals surface area contributed by atoms with E-state index in [2.05, 4.69) is 5.32 Å². The molecular formula is C17H25N3O4S. The highest BCUT2D eigenvalue weighted by atomic mass is 32.2. The summed E-state index contributed by atoms with van der Waals surface area (Å²) >= 11 is 0. The fourth-order valence-electron chi connectivity index (χ4n) is 2.92. The van der Waals surface area contributed by atoms with Crippen molar-refractivity contribution in [2.24, 2.45) is 0 Å². The Hall–Kier alpha value is -1.93. The minimum Gasteiger partial charge on any atom is -0.358 e. The van der Waals surface area contributed by atoms with Crippen LogP contribution < -0.4 is 10.2 Å². The van der Waals surface area contributed by atoms with Crippen molar-refractivity contribution in [1.82, 2.24) is 9.62 Å². The molecule has 1 heterocycles. The van der Waals surface area contributed by atoms with Gasteiger partial charge in [0.2, 0.25) is 21.8 Å². The number of amides is 2. The van der Waals surface area contributed by atoms with E-state index in [1.807, 2.05) is 6.92 Å². The topological polar surface area (TPSA) is 86.8 Å². The van der Waals surface area contributed by atoms with Gasteiger partial charge in [-0.1, -0.05) is 6.92 Å². The molecule has 7 nitrogen and oxygen atoms in total. The van der Waals surface area contributed by atoms with E-state index in [4.69, 9.17) is 0 Å². The van der Waals surface area contributed by atoms with Crippen LogP contribution in [0.1, 0.15) is 31.7 Å². The van der Waals surface area contributed by atoms with Crippen LogP contribution in [-0.2, 0) is 19.6 Å². The third kappa shape index (κ3) is 4.19. The van der Waals surface area contributed by atoms with Crippen LogP contribution in [-0.4, -0.2) is 51.2 Å². The largest absolute Gasteiger partial charge is 0.358 e. The lowest BCUT2D eigenvalue weighted by Crippen LogP contribution is -2.40. The van der Waals surface area contributed by atoms with E-state index in [0.717, 1.165) is 6.42 Å². The molecule has 2 rings (SSSR count). The van der Waals surface area contributed by atoms with E-state index >= 15 is 0 Å². The number of nitrogens with zero attached hydrogens (tertiary/aromatic N) is 2. The lowest BCUT2D eigenvalue weighted by atomic mass is 10.2. The molecule has 1 aliphatic rings. The summed E-state index contributed by atoms with van der Waals surface area (Å²) < 4.78 is 27.1. The summed E-state index contributed by atoms with van der Waals surface area (Å²) in [5.74, 6) is -0.295. The average Bonchev–Trinajstić information content (AvgIpc) is 2.99. The van der Waals surface area contributed by atoms with Crippen molar-refractivity contribution < 1.29 is 18.0 Å². The Balaban J connectivity index is 2.34. The Morgan fingerprint density at radius 3 is 2.60 bits per heavy atom. The molecule has 1 aromatic rings. The monoisotopic (exact) mass is 367 g/mol. The van der Waals surface area contributed by atoms with Crippen molar-refractivity contribution in [3.05, 3.63) is 23.8 Å². The molecular weight excluding hydrogens is 342 g/mol. The molecule has 1 saturated heterocycles. The van der Waals surface area contributed by atoms with E-state index in [1.54, 1.807) is 24.0 Å². The van der Waals surface area contributed by atoms with Crippen LogP contribution in [0.5, 0.6) is 0 Å². The van der Waals surface area contributed by atoms with E-state index in [-0.39, 0.29) is 29.8 Å². The first kappa shape index (κ1) is 19.4. The van der Waals surface area contributed by atoms with Gasteiger partial charge in [-0.3, -0.25) is 9.59 Å². The van der Waals surface area contributed by atoms with Crippen LogP contribution in [0.2, 0.25) is 0 Å². The summed E-state index contributed by atoms with van der Waals surface area (Å²) in [4.78, 5) is 25.4. The van der Waals surface area contributed by atoms with Gasteiger partial charge in [0.05, 0.1) is 11.4 Å². The van der Waals surface area contributed by atoms with Gasteiger partial charge in [-0.25, -0.2) is 8.42 Å². The van der Waals surface area contributed by atoms with Gasteiger partial charge in [0.25, 0.3) is 0 Å². The Morgan fingerprint density at radius 2 is 2.08 bits per heavy atom. The maximum absolute atomic E-state index is 13.0. The molecule has 0 saturated carbocycles. The van der Waals surface area contributed by atoms with Gasteiger partial charge in [0.1, 0.15) is 0 Å². The molecule has 138 valence electrons. The minimum atomic E-state index is -3.78. The summed E-state index contributed by atoms with van der Waals surface area (Å²) in [5, 5.41) is 2.45. The zero-order chi connectivity index (χ0) is 18.6. The van der Waals surface area contributed by atoms with Crippen LogP contribution in [0.4, 0.5) is 5.69 Å². The quantitative estimate of drug-likeness (QED) is 0.786. The standard InChI is InChI=1S/C17H25N3O4S/c1-4-9-19(12-16(21)18-3)25(23,24)15-8-7-14(11-13(15)2)20-10-5-6-17(20)22/h7-8,11H,4-6,9-10,12H2,1-3H3,(H,18,21). The van der Waals surface area contributed by atoms with Crippen molar-refractivity contribution in [3.8, 4) is 0 Å². The number of aryl methyl sites for hydroxylation is 1. The minimum absolute atomic E-state index is 0.0576. The molecule has 0 unspecified atom stereocenters. The van der Waals surface area contributed by atoms with Gasteiger partial charge in [-0.15, -0.1) is 0 Å². The highest BCUT2D eigenvalue weighted by molar-refractivity contribution is 7.89. The maximum Gasteiger partial charge on any atom is 0.243 e. The first-order valence-corrected chi connectivity index (χ1v) is 9.87. The third-order valence-electron chi connectivity index (χ3n) is 4.23. The number of benzene rings is 1. The number of hydrogen-bond acceptors (Lipinski definition) is 4.